The molecule has 1 saturated heterocycles. The normalized spacial score (nSPS) is 23.7. The summed E-state index contributed by atoms with van der Waals surface area (Å²) in [4.78, 5) is 11.9. The van der Waals surface area contributed by atoms with Crippen molar-refractivity contribution in [1.82, 2.24) is 10.6 Å². The Labute approximate surface area is 107 Å². The Hall–Kier alpha value is -1.42. The highest BCUT2D eigenvalue weighted by Gasteiger charge is 2.20. The SMILES string of the molecule is Cc1ccc(C(=O)NC2CCC(C)NC2)c(F)c1. The molecule has 98 valence electrons. The van der Waals surface area contributed by atoms with Gasteiger partial charge in [0.1, 0.15) is 5.82 Å². The molecule has 0 radical (unpaired) electrons. The first-order valence-corrected chi connectivity index (χ1v) is 6.36. The van der Waals surface area contributed by atoms with Gasteiger partial charge in [0.25, 0.3) is 5.91 Å². The Bertz CT molecular complexity index is 439. The van der Waals surface area contributed by atoms with Crippen LogP contribution in [0.15, 0.2) is 18.2 Å². The summed E-state index contributed by atoms with van der Waals surface area (Å²) in [5.74, 6) is -0.779. The van der Waals surface area contributed by atoms with Crippen molar-refractivity contribution in [2.45, 2.75) is 38.8 Å². The van der Waals surface area contributed by atoms with Gasteiger partial charge < -0.3 is 10.6 Å². The van der Waals surface area contributed by atoms with Gasteiger partial charge in [0.05, 0.1) is 5.56 Å². The van der Waals surface area contributed by atoms with Gasteiger partial charge in [-0.1, -0.05) is 6.07 Å². The lowest BCUT2D eigenvalue weighted by Crippen LogP contribution is -2.48. The number of nitrogens with one attached hydrogen (secondary N) is 2. The molecule has 1 aromatic carbocycles. The van der Waals surface area contributed by atoms with Crippen LogP contribution in [0, 0.1) is 12.7 Å². The molecule has 2 unspecified atom stereocenters. The van der Waals surface area contributed by atoms with Crippen LogP contribution in [0.3, 0.4) is 0 Å². The highest BCUT2D eigenvalue weighted by molar-refractivity contribution is 5.94. The molecule has 1 aliphatic heterocycles. The van der Waals surface area contributed by atoms with Crippen LogP contribution >= 0.6 is 0 Å². The van der Waals surface area contributed by atoms with Gasteiger partial charge in [-0.05, 0) is 44.4 Å². The summed E-state index contributed by atoms with van der Waals surface area (Å²) in [6.45, 7) is 4.68. The zero-order chi connectivity index (χ0) is 13.1. The van der Waals surface area contributed by atoms with E-state index in [0.29, 0.717) is 6.04 Å². The molecule has 1 heterocycles. The molecule has 2 N–H and O–H groups in total. The van der Waals surface area contributed by atoms with E-state index < -0.39 is 5.82 Å². The highest BCUT2D eigenvalue weighted by Crippen LogP contribution is 2.12. The molecule has 0 aromatic heterocycles. The van der Waals surface area contributed by atoms with Crippen molar-refractivity contribution in [1.29, 1.82) is 0 Å². The minimum absolute atomic E-state index is 0.0920. The van der Waals surface area contributed by atoms with E-state index >= 15 is 0 Å². The second-order valence-electron chi connectivity index (χ2n) is 5.04. The molecule has 1 amide bonds. The number of aryl methyl sites for hydroxylation is 1. The summed E-state index contributed by atoms with van der Waals surface area (Å²) in [7, 11) is 0. The second kappa shape index (κ2) is 5.48. The summed E-state index contributed by atoms with van der Waals surface area (Å²) < 4.78 is 13.6. The molecule has 2 rings (SSSR count). The topological polar surface area (TPSA) is 41.1 Å². The fourth-order valence-corrected chi connectivity index (χ4v) is 2.19. The first-order valence-electron chi connectivity index (χ1n) is 6.36. The zero-order valence-corrected chi connectivity index (χ0v) is 10.8. The molecule has 3 nitrogen and oxygen atoms in total. The smallest absolute Gasteiger partial charge is 0.254 e. The van der Waals surface area contributed by atoms with Crippen LogP contribution in [0.2, 0.25) is 0 Å². The molecule has 18 heavy (non-hydrogen) atoms. The van der Waals surface area contributed by atoms with Crippen LogP contribution in [-0.2, 0) is 0 Å². The van der Waals surface area contributed by atoms with Gasteiger partial charge in [0.2, 0.25) is 0 Å². The van der Waals surface area contributed by atoms with Crippen molar-refractivity contribution in [3.8, 4) is 0 Å². The molecule has 0 spiro atoms. The van der Waals surface area contributed by atoms with Crippen LogP contribution in [0.25, 0.3) is 0 Å². The van der Waals surface area contributed by atoms with E-state index in [4.69, 9.17) is 0 Å². The van der Waals surface area contributed by atoms with Crippen molar-refractivity contribution in [2.24, 2.45) is 0 Å². The van der Waals surface area contributed by atoms with E-state index in [0.717, 1.165) is 24.9 Å². The summed E-state index contributed by atoms with van der Waals surface area (Å²) >= 11 is 0. The van der Waals surface area contributed by atoms with Gasteiger partial charge in [-0.15, -0.1) is 0 Å². The number of hydrogen-bond acceptors (Lipinski definition) is 2. The van der Waals surface area contributed by atoms with Crippen molar-refractivity contribution in [3.05, 3.63) is 35.1 Å². The van der Waals surface area contributed by atoms with Gasteiger partial charge >= 0.3 is 0 Å². The third-order valence-corrected chi connectivity index (χ3v) is 3.37. The second-order valence-corrected chi connectivity index (χ2v) is 5.04. The van der Waals surface area contributed by atoms with E-state index in [9.17, 15) is 9.18 Å². The van der Waals surface area contributed by atoms with Crippen molar-refractivity contribution >= 4 is 5.91 Å². The maximum atomic E-state index is 13.6. The molecule has 0 bridgehead atoms. The van der Waals surface area contributed by atoms with Gasteiger partial charge in [0, 0.05) is 18.6 Å². The van der Waals surface area contributed by atoms with E-state index in [2.05, 4.69) is 17.6 Å². The van der Waals surface area contributed by atoms with Gasteiger partial charge in [-0.25, -0.2) is 4.39 Å². The third-order valence-electron chi connectivity index (χ3n) is 3.37. The van der Waals surface area contributed by atoms with Crippen molar-refractivity contribution < 1.29 is 9.18 Å². The first kappa shape index (κ1) is 13.0. The predicted octanol–water partition coefficient (Wildman–Crippen LogP) is 2.00. The van der Waals surface area contributed by atoms with Crippen LogP contribution in [-0.4, -0.2) is 24.5 Å². The highest BCUT2D eigenvalue weighted by atomic mass is 19.1. The number of carbonyl (C=O) groups excluding carboxylic acids is 1. The summed E-state index contributed by atoms with van der Waals surface area (Å²) in [5.41, 5.74) is 0.941. The molecule has 1 aromatic rings. The lowest BCUT2D eigenvalue weighted by Gasteiger charge is -2.28. The summed E-state index contributed by atoms with van der Waals surface area (Å²) in [5, 5.41) is 6.18. The van der Waals surface area contributed by atoms with E-state index in [1.165, 1.54) is 6.07 Å². The maximum absolute atomic E-state index is 13.6. The molecule has 4 heteroatoms. The molecular weight excluding hydrogens is 231 g/mol. The Morgan fingerprint density at radius 1 is 1.44 bits per heavy atom. The first-order chi connectivity index (χ1) is 8.56. The number of halogens is 1. The molecule has 0 aliphatic carbocycles. The summed E-state index contributed by atoms with van der Waals surface area (Å²) in [6, 6.07) is 5.26. The maximum Gasteiger partial charge on any atom is 0.254 e. The Kier molecular flexibility index (Phi) is 3.97. The number of amides is 1. The fraction of sp³-hybridized carbons (Fsp3) is 0.500. The lowest BCUT2D eigenvalue weighted by molar-refractivity contribution is 0.0923. The molecule has 1 aliphatic rings. The monoisotopic (exact) mass is 250 g/mol. The Balaban J connectivity index is 1.99. The zero-order valence-electron chi connectivity index (χ0n) is 10.8. The van der Waals surface area contributed by atoms with E-state index in [-0.39, 0.29) is 17.5 Å². The van der Waals surface area contributed by atoms with Crippen LogP contribution in [0.1, 0.15) is 35.7 Å². The van der Waals surface area contributed by atoms with Gasteiger partial charge in [-0.3, -0.25) is 4.79 Å². The molecule has 2 atom stereocenters. The Morgan fingerprint density at radius 3 is 2.83 bits per heavy atom. The average molecular weight is 250 g/mol. The van der Waals surface area contributed by atoms with Crippen LogP contribution in [0.5, 0.6) is 0 Å². The van der Waals surface area contributed by atoms with Crippen LogP contribution < -0.4 is 10.6 Å². The molecule has 0 saturated carbocycles. The van der Waals surface area contributed by atoms with E-state index in [1.807, 2.05) is 0 Å². The Morgan fingerprint density at radius 2 is 2.22 bits per heavy atom. The fourth-order valence-electron chi connectivity index (χ4n) is 2.19. The standard InChI is InChI=1S/C14H19FN2O/c1-9-3-6-12(13(15)7-9)14(18)17-11-5-4-10(2)16-8-11/h3,6-7,10-11,16H,4-5,8H2,1-2H3,(H,17,18). The number of carbonyl (C=O) groups is 1. The number of piperidine rings is 1. The minimum atomic E-state index is -0.454. The summed E-state index contributed by atoms with van der Waals surface area (Å²) in [6.07, 6.45) is 1.97. The van der Waals surface area contributed by atoms with Crippen molar-refractivity contribution in [2.75, 3.05) is 6.54 Å². The minimum Gasteiger partial charge on any atom is -0.348 e. The average Bonchev–Trinajstić information content (AvgIpc) is 2.32. The molecular formula is C14H19FN2O. The van der Waals surface area contributed by atoms with E-state index in [1.54, 1.807) is 19.1 Å². The van der Waals surface area contributed by atoms with Gasteiger partial charge in [-0.2, -0.15) is 0 Å². The number of benzene rings is 1. The number of rotatable bonds is 2. The lowest BCUT2D eigenvalue weighted by atomic mass is 10.0. The predicted molar refractivity (Wildman–Crippen MR) is 69.1 cm³/mol. The number of hydrogen-bond donors (Lipinski definition) is 2. The van der Waals surface area contributed by atoms with Gasteiger partial charge in [0.15, 0.2) is 0 Å². The van der Waals surface area contributed by atoms with Crippen LogP contribution in [0.4, 0.5) is 4.39 Å². The quantitative estimate of drug-likeness (QED) is 0.843. The van der Waals surface area contributed by atoms with Crippen molar-refractivity contribution in [3.63, 3.8) is 0 Å². The largest absolute Gasteiger partial charge is 0.348 e. The third kappa shape index (κ3) is 3.07. The molecule has 1 fully saturated rings.